The second kappa shape index (κ2) is 11.1. The number of H-pyrrole nitrogens is 1. The molecular weight excluding hydrogens is 496 g/mol. The van der Waals surface area contributed by atoms with Gasteiger partial charge >= 0.3 is 6.09 Å². The van der Waals surface area contributed by atoms with E-state index in [0.717, 1.165) is 37.3 Å². The van der Waals surface area contributed by atoms with Crippen LogP contribution < -0.4 is 10.6 Å². The SMILES string of the molecule is Cc1ccc2nc(-c3ccc(NC(=O)[C@@H](Cc4c[nH]c5ccccc45)NC(=O)OCC(C)C)cc3)sc2c1. The van der Waals surface area contributed by atoms with Crippen LogP contribution in [0.2, 0.25) is 0 Å². The van der Waals surface area contributed by atoms with Crippen molar-refractivity contribution in [3.8, 4) is 10.6 Å². The average molecular weight is 527 g/mol. The number of benzene rings is 3. The zero-order valence-electron chi connectivity index (χ0n) is 21.6. The highest BCUT2D eigenvalue weighted by molar-refractivity contribution is 7.21. The van der Waals surface area contributed by atoms with E-state index < -0.39 is 12.1 Å². The molecule has 1 atom stereocenters. The first-order chi connectivity index (χ1) is 18.4. The molecule has 7 nitrogen and oxygen atoms in total. The number of amides is 2. The van der Waals surface area contributed by atoms with Crippen molar-refractivity contribution in [1.82, 2.24) is 15.3 Å². The van der Waals surface area contributed by atoms with Crippen LogP contribution in [0.4, 0.5) is 10.5 Å². The molecule has 3 aromatic carbocycles. The summed E-state index contributed by atoms with van der Waals surface area (Å²) in [6.45, 7) is 6.27. The number of para-hydroxylation sites is 1. The van der Waals surface area contributed by atoms with Crippen LogP contribution in [-0.4, -0.2) is 34.6 Å². The number of fused-ring (bicyclic) bond motifs is 2. The van der Waals surface area contributed by atoms with Gasteiger partial charge in [-0.25, -0.2) is 9.78 Å². The molecule has 5 rings (SSSR count). The summed E-state index contributed by atoms with van der Waals surface area (Å²) in [5, 5.41) is 7.64. The van der Waals surface area contributed by atoms with Crippen LogP contribution in [-0.2, 0) is 16.0 Å². The van der Waals surface area contributed by atoms with E-state index in [4.69, 9.17) is 9.72 Å². The van der Waals surface area contributed by atoms with E-state index in [1.54, 1.807) is 11.3 Å². The Morgan fingerprint density at radius 2 is 1.84 bits per heavy atom. The smallest absolute Gasteiger partial charge is 0.407 e. The molecule has 0 fully saturated rings. The third-order valence-corrected chi connectivity index (χ3v) is 7.27. The van der Waals surface area contributed by atoms with Crippen LogP contribution in [0, 0.1) is 12.8 Å². The summed E-state index contributed by atoms with van der Waals surface area (Å²) in [5.74, 6) is -0.125. The highest BCUT2D eigenvalue weighted by Gasteiger charge is 2.24. The van der Waals surface area contributed by atoms with E-state index >= 15 is 0 Å². The first kappa shape index (κ1) is 25.5. The number of aryl methyl sites for hydroxylation is 1. The van der Waals surface area contributed by atoms with Crippen molar-refractivity contribution in [3.05, 3.63) is 84.1 Å². The molecule has 3 N–H and O–H groups in total. The fourth-order valence-electron chi connectivity index (χ4n) is 4.24. The Labute approximate surface area is 225 Å². The van der Waals surface area contributed by atoms with Crippen LogP contribution in [0.15, 0.2) is 72.9 Å². The molecule has 0 saturated heterocycles. The number of nitrogens with one attached hydrogen (secondary N) is 3. The molecule has 0 saturated carbocycles. The monoisotopic (exact) mass is 526 g/mol. The van der Waals surface area contributed by atoms with Gasteiger partial charge in [0.15, 0.2) is 0 Å². The topological polar surface area (TPSA) is 96.1 Å². The number of ether oxygens (including phenoxy) is 1. The molecule has 0 aliphatic rings. The van der Waals surface area contributed by atoms with E-state index in [1.807, 2.05) is 74.6 Å². The summed E-state index contributed by atoms with van der Waals surface area (Å²) in [6.07, 6.45) is 1.58. The van der Waals surface area contributed by atoms with Gasteiger partial charge in [-0.3, -0.25) is 4.79 Å². The van der Waals surface area contributed by atoms with Crippen LogP contribution in [0.5, 0.6) is 0 Å². The summed E-state index contributed by atoms with van der Waals surface area (Å²) < 4.78 is 6.44. The minimum absolute atomic E-state index is 0.194. The summed E-state index contributed by atoms with van der Waals surface area (Å²) >= 11 is 1.64. The fourth-order valence-corrected chi connectivity index (χ4v) is 5.31. The summed E-state index contributed by atoms with van der Waals surface area (Å²) in [5.41, 5.74) is 5.71. The second-order valence-corrected chi connectivity index (χ2v) is 10.8. The first-order valence-electron chi connectivity index (χ1n) is 12.6. The van der Waals surface area contributed by atoms with E-state index in [2.05, 4.69) is 34.7 Å². The Morgan fingerprint density at radius 3 is 2.63 bits per heavy atom. The number of rotatable bonds is 8. The number of nitrogens with zero attached hydrogens (tertiary/aromatic N) is 1. The van der Waals surface area contributed by atoms with Crippen LogP contribution >= 0.6 is 11.3 Å². The van der Waals surface area contributed by atoms with Gasteiger partial charge in [-0.2, -0.15) is 0 Å². The van der Waals surface area contributed by atoms with Crippen LogP contribution in [0.25, 0.3) is 31.7 Å². The van der Waals surface area contributed by atoms with E-state index in [-0.39, 0.29) is 18.4 Å². The molecule has 194 valence electrons. The third-order valence-electron chi connectivity index (χ3n) is 6.20. The first-order valence-corrected chi connectivity index (χ1v) is 13.4. The number of carbonyl (C=O) groups is 2. The van der Waals surface area contributed by atoms with Crippen LogP contribution in [0.1, 0.15) is 25.0 Å². The van der Waals surface area contributed by atoms with Crippen molar-refractivity contribution in [3.63, 3.8) is 0 Å². The van der Waals surface area contributed by atoms with E-state index in [1.165, 1.54) is 5.56 Å². The Balaban J connectivity index is 1.32. The number of hydrogen-bond donors (Lipinski definition) is 3. The van der Waals surface area contributed by atoms with Gasteiger partial charge in [0.1, 0.15) is 11.0 Å². The molecule has 2 heterocycles. The van der Waals surface area contributed by atoms with Gasteiger partial charge < -0.3 is 20.4 Å². The highest BCUT2D eigenvalue weighted by atomic mass is 32.1. The summed E-state index contributed by atoms with van der Waals surface area (Å²) in [6, 6.07) is 20.9. The Bertz CT molecular complexity index is 1590. The van der Waals surface area contributed by atoms with E-state index in [9.17, 15) is 9.59 Å². The third kappa shape index (κ3) is 5.86. The minimum atomic E-state index is -0.818. The largest absolute Gasteiger partial charge is 0.449 e. The Hall–Kier alpha value is -4.17. The molecule has 0 bridgehead atoms. The number of thiazole rings is 1. The lowest BCUT2D eigenvalue weighted by molar-refractivity contribution is -0.118. The van der Waals surface area contributed by atoms with Gasteiger partial charge in [0.25, 0.3) is 0 Å². The fraction of sp³-hybridized carbons (Fsp3) is 0.233. The number of aromatic amines is 1. The van der Waals surface area contributed by atoms with E-state index in [0.29, 0.717) is 12.1 Å². The maximum absolute atomic E-state index is 13.4. The summed E-state index contributed by atoms with van der Waals surface area (Å²) in [4.78, 5) is 33.8. The van der Waals surface area contributed by atoms with Gasteiger partial charge in [0.2, 0.25) is 5.91 Å². The predicted molar refractivity (Wildman–Crippen MR) is 154 cm³/mol. The number of alkyl carbamates (subject to hydrolysis) is 1. The molecule has 0 radical (unpaired) electrons. The number of carbonyl (C=O) groups excluding carboxylic acids is 2. The number of anilines is 1. The summed E-state index contributed by atoms with van der Waals surface area (Å²) in [7, 11) is 0. The van der Waals surface area contributed by atoms with Crippen molar-refractivity contribution >= 4 is 50.1 Å². The van der Waals surface area contributed by atoms with Crippen molar-refractivity contribution in [2.24, 2.45) is 5.92 Å². The standard InChI is InChI=1S/C30H30N4O3S/c1-18(2)17-37-30(36)34-26(15-21-16-31-24-7-5-4-6-23(21)24)28(35)32-22-11-9-20(10-12-22)29-33-25-13-8-19(3)14-27(25)38-29/h4-14,16,18,26,31H,15,17H2,1-3H3,(H,32,35)(H,34,36)/t26-/m1/s1. The highest BCUT2D eigenvalue weighted by Crippen LogP contribution is 2.31. The Morgan fingerprint density at radius 1 is 1.05 bits per heavy atom. The lowest BCUT2D eigenvalue weighted by Gasteiger charge is -2.19. The number of hydrogen-bond acceptors (Lipinski definition) is 5. The number of aromatic nitrogens is 2. The molecule has 0 aliphatic heterocycles. The normalized spacial score (nSPS) is 12.1. The minimum Gasteiger partial charge on any atom is -0.449 e. The van der Waals surface area contributed by atoms with Crippen molar-refractivity contribution in [1.29, 1.82) is 0 Å². The Kier molecular flexibility index (Phi) is 7.42. The molecule has 0 spiro atoms. The lowest BCUT2D eigenvalue weighted by Crippen LogP contribution is -2.45. The quantitative estimate of drug-likeness (QED) is 0.210. The lowest BCUT2D eigenvalue weighted by atomic mass is 10.0. The van der Waals surface area contributed by atoms with Crippen LogP contribution in [0.3, 0.4) is 0 Å². The van der Waals surface area contributed by atoms with Gasteiger partial charge in [-0.05, 0) is 66.4 Å². The molecule has 5 aromatic rings. The molecule has 2 aromatic heterocycles. The average Bonchev–Trinajstić information content (AvgIpc) is 3.51. The molecule has 0 unspecified atom stereocenters. The predicted octanol–water partition coefficient (Wildman–Crippen LogP) is 6.69. The van der Waals surface area contributed by atoms with Gasteiger partial charge in [-0.15, -0.1) is 11.3 Å². The maximum Gasteiger partial charge on any atom is 0.407 e. The second-order valence-electron chi connectivity index (χ2n) is 9.81. The van der Waals surface area contributed by atoms with Crippen molar-refractivity contribution in [2.45, 2.75) is 33.2 Å². The molecule has 0 aliphatic carbocycles. The van der Waals surface area contributed by atoms with Gasteiger partial charge in [0, 0.05) is 34.8 Å². The molecule has 2 amide bonds. The van der Waals surface area contributed by atoms with Crippen molar-refractivity contribution in [2.75, 3.05) is 11.9 Å². The molecular formula is C30H30N4O3S. The van der Waals surface area contributed by atoms with Gasteiger partial charge in [0.05, 0.1) is 16.8 Å². The maximum atomic E-state index is 13.4. The zero-order chi connectivity index (χ0) is 26.6. The van der Waals surface area contributed by atoms with Gasteiger partial charge in [-0.1, -0.05) is 38.1 Å². The van der Waals surface area contributed by atoms with Crippen molar-refractivity contribution < 1.29 is 14.3 Å². The molecule has 38 heavy (non-hydrogen) atoms. The zero-order valence-corrected chi connectivity index (χ0v) is 22.4. The molecule has 8 heteroatoms.